The van der Waals surface area contributed by atoms with Gasteiger partial charge in [-0.1, -0.05) is 38.8 Å². The van der Waals surface area contributed by atoms with Crippen LogP contribution in [0.2, 0.25) is 5.02 Å². The highest BCUT2D eigenvalue weighted by molar-refractivity contribution is 6.32. The fourth-order valence-electron chi connectivity index (χ4n) is 2.83. The summed E-state index contributed by atoms with van der Waals surface area (Å²) in [5.74, 6) is 1.86. The van der Waals surface area contributed by atoms with E-state index >= 15 is 0 Å². The Morgan fingerprint density at radius 3 is 2.85 bits per heavy atom. The van der Waals surface area contributed by atoms with Gasteiger partial charge in [0, 0.05) is 13.1 Å². The number of nitrogens with one attached hydrogen (secondary N) is 1. The van der Waals surface area contributed by atoms with Crippen molar-refractivity contribution in [2.24, 2.45) is 17.8 Å². The Kier molecular flexibility index (Phi) is 5.08. The van der Waals surface area contributed by atoms with Crippen LogP contribution in [0.1, 0.15) is 40.0 Å². The van der Waals surface area contributed by atoms with Crippen LogP contribution in [-0.4, -0.2) is 16.3 Å². The van der Waals surface area contributed by atoms with Crippen molar-refractivity contribution in [1.29, 1.82) is 0 Å². The van der Waals surface area contributed by atoms with Crippen LogP contribution in [-0.2, 0) is 6.54 Å². The number of aromatic nitrogens is 2. The predicted molar refractivity (Wildman–Crippen MR) is 83.3 cm³/mol. The van der Waals surface area contributed by atoms with Gasteiger partial charge < -0.3 is 5.32 Å². The molecule has 2 unspecified atom stereocenters. The van der Waals surface area contributed by atoms with Crippen LogP contribution in [0, 0.1) is 17.8 Å². The van der Waals surface area contributed by atoms with Gasteiger partial charge in [-0.25, -0.2) is 4.68 Å². The molecule has 20 heavy (non-hydrogen) atoms. The molecule has 1 saturated carbocycles. The second kappa shape index (κ2) is 6.61. The molecule has 1 N–H and O–H groups in total. The zero-order valence-corrected chi connectivity index (χ0v) is 13.3. The second-order valence-electron chi connectivity index (χ2n) is 6.42. The standard InChI is InChI=1S/C15H24ClN3O/c1-10(2)9-19-15(20)14(16)13(8-18-19)17-7-12-5-4-11(3)6-12/h8,10-12,17H,4-7,9H2,1-3H3. The first-order valence-corrected chi connectivity index (χ1v) is 7.84. The molecule has 2 atom stereocenters. The van der Waals surface area contributed by atoms with Gasteiger partial charge in [0.15, 0.2) is 0 Å². The van der Waals surface area contributed by atoms with Crippen molar-refractivity contribution in [1.82, 2.24) is 9.78 Å². The van der Waals surface area contributed by atoms with Gasteiger partial charge in [0.25, 0.3) is 5.56 Å². The maximum Gasteiger partial charge on any atom is 0.287 e. The van der Waals surface area contributed by atoms with Gasteiger partial charge >= 0.3 is 0 Å². The van der Waals surface area contributed by atoms with Crippen LogP contribution in [0.15, 0.2) is 11.0 Å². The molecule has 1 aromatic heterocycles. The summed E-state index contributed by atoms with van der Waals surface area (Å²) in [4.78, 5) is 12.1. The summed E-state index contributed by atoms with van der Waals surface area (Å²) in [5, 5.41) is 7.74. The molecule has 2 rings (SSSR count). The molecule has 0 spiro atoms. The van der Waals surface area contributed by atoms with E-state index in [2.05, 4.69) is 31.2 Å². The maximum absolute atomic E-state index is 12.1. The van der Waals surface area contributed by atoms with E-state index in [4.69, 9.17) is 11.6 Å². The molecule has 1 aliphatic carbocycles. The maximum atomic E-state index is 12.1. The van der Waals surface area contributed by atoms with Gasteiger partial charge in [-0.15, -0.1) is 0 Å². The first kappa shape index (κ1) is 15.4. The molecule has 5 heteroatoms. The van der Waals surface area contributed by atoms with E-state index in [0.29, 0.717) is 24.1 Å². The lowest BCUT2D eigenvalue weighted by atomic mass is 10.1. The minimum Gasteiger partial charge on any atom is -0.382 e. The molecular weight excluding hydrogens is 274 g/mol. The van der Waals surface area contributed by atoms with Crippen molar-refractivity contribution < 1.29 is 0 Å². The number of hydrogen-bond donors (Lipinski definition) is 1. The number of nitrogens with zero attached hydrogens (tertiary/aromatic N) is 2. The molecule has 1 fully saturated rings. The molecule has 112 valence electrons. The molecule has 0 bridgehead atoms. The predicted octanol–water partition coefficient (Wildman–Crippen LogP) is 3.40. The minimum atomic E-state index is -0.204. The first-order chi connectivity index (χ1) is 9.47. The SMILES string of the molecule is CC(C)Cn1ncc(NCC2CCC(C)C2)c(Cl)c1=O. The molecule has 1 heterocycles. The van der Waals surface area contributed by atoms with Gasteiger partial charge in [0.2, 0.25) is 0 Å². The summed E-state index contributed by atoms with van der Waals surface area (Å²) in [6.45, 7) is 7.87. The van der Waals surface area contributed by atoms with E-state index in [0.717, 1.165) is 12.5 Å². The Morgan fingerprint density at radius 2 is 2.25 bits per heavy atom. The van der Waals surface area contributed by atoms with Crippen LogP contribution >= 0.6 is 11.6 Å². The Morgan fingerprint density at radius 1 is 1.50 bits per heavy atom. The van der Waals surface area contributed by atoms with Crippen molar-refractivity contribution in [3.05, 3.63) is 21.6 Å². The van der Waals surface area contributed by atoms with Crippen molar-refractivity contribution in [3.8, 4) is 0 Å². The van der Waals surface area contributed by atoms with Crippen LogP contribution in [0.5, 0.6) is 0 Å². The van der Waals surface area contributed by atoms with Crippen molar-refractivity contribution in [2.45, 2.75) is 46.6 Å². The highest BCUT2D eigenvalue weighted by atomic mass is 35.5. The molecular formula is C15H24ClN3O. The van der Waals surface area contributed by atoms with Crippen LogP contribution < -0.4 is 10.9 Å². The van der Waals surface area contributed by atoms with Crippen LogP contribution in [0.25, 0.3) is 0 Å². The molecule has 4 nitrogen and oxygen atoms in total. The van der Waals surface area contributed by atoms with Gasteiger partial charge in [-0.3, -0.25) is 4.79 Å². The van der Waals surface area contributed by atoms with E-state index in [1.807, 2.05) is 0 Å². The highest BCUT2D eigenvalue weighted by Crippen LogP contribution is 2.30. The Labute approximate surface area is 125 Å². The van der Waals surface area contributed by atoms with Crippen molar-refractivity contribution in [2.75, 3.05) is 11.9 Å². The Bertz CT molecular complexity index is 512. The van der Waals surface area contributed by atoms with E-state index in [1.54, 1.807) is 6.20 Å². The Hall–Kier alpha value is -1.03. The number of hydrogen-bond acceptors (Lipinski definition) is 3. The second-order valence-corrected chi connectivity index (χ2v) is 6.80. The number of rotatable bonds is 5. The Balaban J connectivity index is 2.02. The lowest BCUT2D eigenvalue weighted by Gasteiger charge is -2.14. The first-order valence-electron chi connectivity index (χ1n) is 7.46. The van der Waals surface area contributed by atoms with Crippen molar-refractivity contribution >= 4 is 17.3 Å². The highest BCUT2D eigenvalue weighted by Gasteiger charge is 2.21. The minimum absolute atomic E-state index is 0.204. The molecule has 1 aliphatic rings. The molecule has 0 aliphatic heterocycles. The molecule has 0 amide bonds. The third kappa shape index (κ3) is 3.75. The summed E-state index contributed by atoms with van der Waals surface area (Å²) in [6, 6.07) is 0. The third-order valence-corrected chi connectivity index (χ3v) is 4.27. The zero-order valence-electron chi connectivity index (χ0n) is 12.5. The van der Waals surface area contributed by atoms with E-state index in [1.165, 1.54) is 23.9 Å². The van der Waals surface area contributed by atoms with Gasteiger partial charge in [-0.05, 0) is 30.6 Å². The molecule has 1 aromatic rings. The molecule has 0 aromatic carbocycles. The van der Waals surface area contributed by atoms with Gasteiger partial charge in [-0.2, -0.15) is 5.10 Å². The monoisotopic (exact) mass is 297 g/mol. The largest absolute Gasteiger partial charge is 0.382 e. The quantitative estimate of drug-likeness (QED) is 0.906. The lowest BCUT2D eigenvalue weighted by molar-refractivity contribution is 0.464. The molecule has 0 radical (unpaired) electrons. The number of anilines is 1. The third-order valence-electron chi connectivity index (χ3n) is 3.91. The summed E-state index contributed by atoms with van der Waals surface area (Å²) in [6.07, 6.45) is 5.48. The van der Waals surface area contributed by atoms with Gasteiger partial charge in [0.05, 0.1) is 11.9 Å². The average Bonchev–Trinajstić information content (AvgIpc) is 2.79. The fraction of sp³-hybridized carbons (Fsp3) is 0.733. The topological polar surface area (TPSA) is 46.9 Å². The van der Waals surface area contributed by atoms with Crippen molar-refractivity contribution in [3.63, 3.8) is 0 Å². The molecule has 0 saturated heterocycles. The number of halogens is 1. The van der Waals surface area contributed by atoms with E-state index in [9.17, 15) is 4.79 Å². The van der Waals surface area contributed by atoms with Gasteiger partial charge in [0.1, 0.15) is 5.02 Å². The average molecular weight is 298 g/mol. The summed E-state index contributed by atoms with van der Waals surface area (Å²) in [7, 11) is 0. The fourth-order valence-corrected chi connectivity index (χ4v) is 3.04. The summed E-state index contributed by atoms with van der Waals surface area (Å²) < 4.78 is 1.44. The van der Waals surface area contributed by atoms with E-state index < -0.39 is 0 Å². The van der Waals surface area contributed by atoms with E-state index in [-0.39, 0.29) is 10.6 Å². The van der Waals surface area contributed by atoms with Crippen LogP contribution in [0.3, 0.4) is 0 Å². The summed E-state index contributed by atoms with van der Waals surface area (Å²) >= 11 is 6.16. The summed E-state index contributed by atoms with van der Waals surface area (Å²) in [5.41, 5.74) is 0.460. The lowest BCUT2D eigenvalue weighted by Crippen LogP contribution is -2.26. The van der Waals surface area contributed by atoms with Crippen LogP contribution in [0.4, 0.5) is 5.69 Å². The normalized spacial score (nSPS) is 22.4. The smallest absolute Gasteiger partial charge is 0.287 e. The zero-order chi connectivity index (χ0) is 14.7.